The van der Waals surface area contributed by atoms with Gasteiger partial charge in [0.2, 0.25) is 0 Å². The van der Waals surface area contributed by atoms with Gasteiger partial charge in [-0.15, -0.1) is 0 Å². The van der Waals surface area contributed by atoms with Gasteiger partial charge in [-0.3, -0.25) is 0 Å². The Kier molecular flexibility index (Phi) is 4.11. The molecule has 1 rings (SSSR count). The fourth-order valence-corrected chi connectivity index (χ4v) is 1.42. The number of nitrogens with one attached hydrogen (secondary N) is 1. The molecule has 2 heteroatoms. The van der Waals surface area contributed by atoms with Crippen molar-refractivity contribution in [1.29, 1.82) is 0 Å². The van der Waals surface area contributed by atoms with E-state index in [2.05, 4.69) is 44.3 Å². The van der Waals surface area contributed by atoms with E-state index >= 15 is 0 Å². The summed E-state index contributed by atoms with van der Waals surface area (Å²) in [5, 5.41) is 3.40. The third-order valence-corrected chi connectivity index (χ3v) is 2.34. The van der Waals surface area contributed by atoms with Gasteiger partial charge >= 0.3 is 0 Å². The predicted octanol–water partition coefficient (Wildman–Crippen LogP) is 1.95. The van der Waals surface area contributed by atoms with E-state index in [4.69, 9.17) is 5.73 Å². The third-order valence-electron chi connectivity index (χ3n) is 2.34. The molecule has 0 aliphatic rings. The maximum absolute atomic E-state index is 5.61. The van der Waals surface area contributed by atoms with Crippen LogP contribution in [0.1, 0.15) is 30.5 Å². The van der Waals surface area contributed by atoms with Crippen molar-refractivity contribution in [3.05, 3.63) is 34.9 Å². The van der Waals surface area contributed by atoms with Gasteiger partial charge in [0.1, 0.15) is 0 Å². The molecule has 0 atom stereocenters. The Bertz CT molecular complexity index is 292. The molecule has 0 aromatic heterocycles. The summed E-state index contributed by atoms with van der Waals surface area (Å²) >= 11 is 0. The number of hydrogen-bond acceptors (Lipinski definition) is 2. The van der Waals surface area contributed by atoms with Crippen molar-refractivity contribution in [2.45, 2.75) is 39.9 Å². The summed E-state index contributed by atoms with van der Waals surface area (Å²) in [6.45, 7) is 7.98. The monoisotopic (exact) mass is 192 g/mol. The number of benzene rings is 1. The van der Waals surface area contributed by atoms with Crippen molar-refractivity contribution in [2.24, 2.45) is 5.73 Å². The zero-order valence-corrected chi connectivity index (χ0v) is 9.30. The number of aryl methyl sites for hydroxylation is 1. The zero-order chi connectivity index (χ0) is 10.6. The third kappa shape index (κ3) is 3.13. The first-order valence-electron chi connectivity index (χ1n) is 5.15. The van der Waals surface area contributed by atoms with Gasteiger partial charge in [-0.05, 0) is 23.6 Å². The van der Waals surface area contributed by atoms with Crippen LogP contribution in [0.5, 0.6) is 0 Å². The molecule has 0 saturated heterocycles. The Morgan fingerprint density at radius 2 is 2.07 bits per heavy atom. The summed E-state index contributed by atoms with van der Waals surface area (Å²) < 4.78 is 0. The van der Waals surface area contributed by atoms with Crippen LogP contribution in [-0.2, 0) is 13.1 Å². The topological polar surface area (TPSA) is 38.0 Å². The molecule has 0 fully saturated rings. The molecular formula is C12H20N2. The van der Waals surface area contributed by atoms with E-state index in [9.17, 15) is 0 Å². The molecule has 0 unspecified atom stereocenters. The number of rotatable bonds is 4. The van der Waals surface area contributed by atoms with E-state index in [1.807, 2.05) is 0 Å². The Labute approximate surface area is 86.5 Å². The molecule has 0 spiro atoms. The van der Waals surface area contributed by atoms with Crippen molar-refractivity contribution in [1.82, 2.24) is 5.32 Å². The van der Waals surface area contributed by atoms with Gasteiger partial charge in [0.25, 0.3) is 0 Å². The molecule has 14 heavy (non-hydrogen) atoms. The van der Waals surface area contributed by atoms with Gasteiger partial charge in [0, 0.05) is 19.1 Å². The molecule has 0 saturated carbocycles. The molecule has 0 heterocycles. The van der Waals surface area contributed by atoms with Crippen molar-refractivity contribution in [3.63, 3.8) is 0 Å². The van der Waals surface area contributed by atoms with Gasteiger partial charge in [-0.1, -0.05) is 32.0 Å². The fourth-order valence-electron chi connectivity index (χ4n) is 1.42. The summed E-state index contributed by atoms with van der Waals surface area (Å²) in [5.74, 6) is 0. The van der Waals surface area contributed by atoms with Crippen LogP contribution in [0.3, 0.4) is 0 Å². The largest absolute Gasteiger partial charge is 0.326 e. The molecule has 1 aromatic rings. The van der Waals surface area contributed by atoms with Gasteiger partial charge < -0.3 is 11.1 Å². The first kappa shape index (κ1) is 11.2. The highest BCUT2D eigenvalue weighted by Gasteiger charge is 1.99. The summed E-state index contributed by atoms with van der Waals surface area (Å²) in [7, 11) is 0. The van der Waals surface area contributed by atoms with Crippen LogP contribution in [-0.4, -0.2) is 6.04 Å². The Morgan fingerprint density at radius 3 is 2.57 bits per heavy atom. The molecule has 78 valence electrons. The lowest BCUT2D eigenvalue weighted by Gasteiger charge is -2.10. The lowest BCUT2D eigenvalue weighted by molar-refractivity contribution is 0.588. The molecule has 1 aromatic carbocycles. The second-order valence-corrected chi connectivity index (χ2v) is 4.00. The number of nitrogens with two attached hydrogens (primary N) is 1. The molecule has 3 N–H and O–H groups in total. The quantitative estimate of drug-likeness (QED) is 0.765. The van der Waals surface area contributed by atoms with E-state index in [-0.39, 0.29) is 0 Å². The summed E-state index contributed by atoms with van der Waals surface area (Å²) in [4.78, 5) is 0. The molecular weight excluding hydrogens is 172 g/mol. The van der Waals surface area contributed by atoms with E-state index in [0.717, 1.165) is 6.54 Å². The average molecular weight is 192 g/mol. The van der Waals surface area contributed by atoms with Crippen molar-refractivity contribution < 1.29 is 0 Å². The lowest BCUT2D eigenvalue weighted by Crippen LogP contribution is -2.21. The first-order valence-corrected chi connectivity index (χ1v) is 5.15. The lowest BCUT2D eigenvalue weighted by atomic mass is 10.1. The van der Waals surface area contributed by atoms with E-state index < -0.39 is 0 Å². The van der Waals surface area contributed by atoms with Crippen molar-refractivity contribution >= 4 is 0 Å². The van der Waals surface area contributed by atoms with Gasteiger partial charge in [-0.2, -0.15) is 0 Å². The maximum atomic E-state index is 5.61. The Balaban J connectivity index is 2.66. The van der Waals surface area contributed by atoms with Crippen molar-refractivity contribution in [2.75, 3.05) is 0 Å². The fraction of sp³-hybridized carbons (Fsp3) is 0.500. The normalized spacial score (nSPS) is 10.9. The molecule has 0 amide bonds. The summed E-state index contributed by atoms with van der Waals surface area (Å²) in [6, 6.07) is 7.00. The SMILES string of the molecule is Cc1cc(CNC(C)C)ccc1CN. The minimum absolute atomic E-state index is 0.532. The van der Waals surface area contributed by atoms with Crippen LogP contribution in [0.15, 0.2) is 18.2 Å². The highest BCUT2D eigenvalue weighted by Crippen LogP contribution is 2.10. The van der Waals surface area contributed by atoms with E-state index in [1.165, 1.54) is 16.7 Å². The minimum Gasteiger partial charge on any atom is -0.326 e. The second kappa shape index (κ2) is 5.13. The van der Waals surface area contributed by atoms with Crippen LogP contribution in [0, 0.1) is 6.92 Å². The highest BCUT2D eigenvalue weighted by atomic mass is 14.9. The molecule has 0 radical (unpaired) electrons. The summed E-state index contributed by atoms with van der Waals surface area (Å²) in [6.07, 6.45) is 0. The van der Waals surface area contributed by atoms with Crippen LogP contribution in [0.25, 0.3) is 0 Å². The van der Waals surface area contributed by atoms with Crippen molar-refractivity contribution in [3.8, 4) is 0 Å². The molecule has 0 aliphatic carbocycles. The van der Waals surface area contributed by atoms with Crippen LogP contribution < -0.4 is 11.1 Å². The van der Waals surface area contributed by atoms with Gasteiger partial charge in [-0.25, -0.2) is 0 Å². The average Bonchev–Trinajstić information content (AvgIpc) is 2.15. The maximum Gasteiger partial charge on any atom is 0.0207 e. The summed E-state index contributed by atoms with van der Waals surface area (Å²) in [5.41, 5.74) is 9.46. The van der Waals surface area contributed by atoms with Crippen LogP contribution in [0.4, 0.5) is 0 Å². The van der Waals surface area contributed by atoms with E-state index in [1.54, 1.807) is 0 Å². The second-order valence-electron chi connectivity index (χ2n) is 4.00. The number of hydrogen-bond donors (Lipinski definition) is 2. The standard InChI is InChI=1S/C12H20N2/c1-9(2)14-8-11-4-5-12(7-13)10(3)6-11/h4-6,9,14H,7-8,13H2,1-3H3. The molecule has 0 aliphatic heterocycles. The Hall–Kier alpha value is -0.860. The molecule has 0 bridgehead atoms. The predicted molar refractivity (Wildman–Crippen MR) is 61.0 cm³/mol. The Morgan fingerprint density at radius 1 is 1.36 bits per heavy atom. The van der Waals surface area contributed by atoms with E-state index in [0.29, 0.717) is 12.6 Å². The smallest absolute Gasteiger partial charge is 0.0207 e. The van der Waals surface area contributed by atoms with Crippen LogP contribution in [0.2, 0.25) is 0 Å². The first-order chi connectivity index (χ1) is 6.63. The minimum atomic E-state index is 0.532. The zero-order valence-electron chi connectivity index (χ0n) is 9.30. The highest BCUT2D eigenvalue weighted by molar-refractivity contribution is 5.30. The van der Waals surface area contributed by atoms with Gasteiger partial charge in [0.15, 0.2) is 0 Å². The van der Waals surface area contributed by atoms with Gasteiger partial charge in [0.05, 0.1) is 0 Å². The van der Waals surface area contributed by atoms with Crippen LogP contribution >= 0.6 is 0 Å². The molecule has 2 nitrogen and oxygen atoms in total.